The number of aromatic nitrogens is 4. The smallest absolute Gasteiger partial charge is 0.168 e. The maximum atomic E-state index is 5.26. The first-order valence-corrected chi connectivity index (χ1v) is 9.92. The fourth-order valence-corrected chi connectivity index (χ4v) is 3.67. The van der Waals surface area contributed by atoms with Crippen molar-refractivity contribution in [3.8, 4) is 5.75 Å². The highest BCUT2D eigenvalue weighted by atomic mass is 16.5. The van der Waals surface area contributed by atoms with Crippen molar-refractivity contribution in [2.45, 2.75) is 52.1 Å². The SMILES string of the molecule is CC[C@H](c1nnnn1C(C)(C)CC)N1CCN(c2ccc(OC)cc2)CC1. The van der Waals surface area contributed by atoms with Crippen LogP contribution in [0.25, 0.3) is 0 Å². The molecule has 1 aromatic heterocycles. The first-order chi connectivity index (χ1) is 13.0. The minimum atomic E-state index is -0.0723. The molecule has 2 aromatic rings. The Morgan fingerprint density at radius 2 is 1.74 bits per heavy atom. The van der Waals surface area contributed by atoms with E-state index in [4.69, 9.17) is 4.74 Å². The van der Waals surface area contributed by atoms with Crippen LogP contribution in [-0.4, -0.2) is 58.4 Å². The van der Waals surface area contributed by atoms with Crippen molar-refractivity contribution in [2.75, 3.05) is 38.2 Å². The summed E-state index contributed by atoms with van der Waals surface area (Å²) in [6.07, 6.45) is 2.00. The molecule has 7 heteroatoms. The Hall–Kier alpha value is -2.15. The highest BCUT2D eigenvalue weighted by Gasteiger charge is 2.32. The fourth-order valence-electron chi connectivity index (χ4n) is 3.67. The zero-order valence-electron chi connectivity index (χ0n) is 17.2. The lowest BCUT2D eigenvalue weighted by molar-refractivity contribution is 0.158. The number of nitrogens with zero attached hydrogens (tertiary/aromatic N) is 6. The molecule has 0 N–H and O–H groups in total. The summed E-state index contributed by atoms with van der Waals surface area (Å²) < 4.78 is 7.29. The van der Waals surface area contributed by atoms with Gasteiger partial charge in [0.05, 0.1) is 18.7 Å². The first kappa shape index (κ1) is 19.6. The van der Waals surface area contributed by atoms with Crippen molar-refractivity contribution >= 4 is 5.69 Å². The van der Waals surface area contributed by atoms with Crippen LogP contribution < -0.4 is 9.64 Å². The van der Waals surface area contributed by atoms with Crippen LogP contribution in [0.4, 0.5) is 5.69 Å². The second-order valence-corrected chi connectivity index (χ2v) is 7.76. The van der Waals surface area contributed by atoms with E-state index < -0.39 is 0 Å². The summed E-state index contributed by atoms with van der Waals surface area (Å²) in [7, 11) is 1.70. The van der Waals surface area contributed by atoms with E-state index in [0.29, 0.717) is 0 Å². The van der Waals surface area contributed by atoms with Gasteiger partial charge in [0.2, 0.25) is 0 Å². The molecular weight excluding hydrogens is 340 g/mol. The Labute approximate surface area is 162 Å². The maximum absolute atomic E-state index is 5.26. The quantitative estimate of drug-likeness (QED) is 0.744. The predicted octanol–water partition coefficient (Wildman–Crippen LogP) is 3.10. The van der Waals surface area contributed by atoms with Crippen molar-refractivity contribution < 1.29 is 4.74 Å². The Morgan fingerprint density at radius 1 is 1.07 bits per heavy atom. The van der Waals surface area contributed by atoms with Gasteiger partial charge in [-0.3, -0.25) is 4.90 Å². The highest BCUT2D eigenvalue weighted by molar-refractivity contribution is 5.49. The van der Waals surface area contributed by atoms with Crippen LogP contribution in [-0.2, 0) is 5.54 Å². The van der Waals surface area contributed by atoms with Crippen molar-refractivity contribution in [2.24, 2.45) is 0 Å². The number of tetrazole rings is 1. The summed E-state index contributed by atoms with van der Waals surface area (Å²) in [6.45, 7) is 12.8. The average Bonchev–Trinajstić information content (AvgIpc) is 3.20. The second-order valence-electron chi connectivity index (χ2n) is 7.76. The second kappa shape index (κ2) is 8.25. The molecule has 0 aliphatic carbocycles. The van der Waals surface area contributed by atoms with Crippen molar-refractivity contribution in [1.82, 2.24) is 25.1 Å². The molecule has 7 nitrogen and oxygen atoms in total. The van der Waals surface area contributed by atoms with Crippen LogP contribution in [0.15, 0.2) is 24.3 Å². The molecule has 0 amide bonds. The molecule has 27 heavy (non-hydrogen) atoms. The van der Waals surface area contributed by atoms with Crippen molar-refractivity contribution in [3.05, 3.63) is 30.1 Å². The highest BCUT2D eigenvalue weighted by Crippen LogP contribution is 2.29. The number of rotatable bonds is 7. The third-order valence-electron chi connectivity index (χ3n) is 5.81. The zero-order valence-corrected chi connectivity index (χ0v) is 17.2. The van der Waals surface area contributed by atoms with Gasteiger partial charge in [0.25, 0.3) is 0 Å². The molecule has 3 rings (SSSR count). The average molecular weight is 373 g/mol. The van der Waals surface area contributed by atoms with Crippen molar-refractivity contribution in [3.63, 3.8) is 0 Å². The van der Waals surface area contributed by atoms with Crippen LogP contribution in [0.1, 0.15) is 52.4 Å². The monoisotopic (exact) mass is 372 g/mol. The molecule has 2 heterocycles. The standard InChI is InChI=1S/C20H32N6O/c1-6-18(19-21-22-23-26(19)20(3,4)7-2)25-14-12-24(13-15-25)16-8-10-17(27-5)11-9-16/h8-11,18H,6-7,12-15H2,1-5H3/t18-/m1/s1. The molecule has 0 spiro atoms. The normalized spacial score (nSPS) is 17.1. The molecule has 0 radical (unpaired) electrons. The van der Waals surface area contributed by atoms with E-state index in [1.54, 1.807) is 7.11 Å². The van der Waals surface area contributed by atoms with E-state index in [9.17, 15) is 0 Å². The number of hydrogen-bond acceptors (Lipinski definition) is 6. The molecule has 0 saturated carbocycles. The van der Waals surface area contributed by atoms with Gasteiger partial charge in [-0.2, -0.15) is 0 Å². The number of hydrogen-bond donors (Lipinski definition) is 0. The summed E-state index contributed by atoms with van der Waals surface area (Å²) >= 11 is 0. The van der Waals surface area contributed by atoms with Gasteiger partial charge in [-0.25, -0.2) is 4.68 Å². The van der Waals surface area contributed by atoms with Gasteiger partial charge in [0, 0.05) is 31.9 Å². The molecule has 1 aromatic carbocycles. The largest absolute Gasteiger partial charge is 0.497 e. The fraction of sp³-hybridized carbons (Fsp3) is 0.650. The van der Waals surface area contributed by atoms with Gasteiger partial charge in [0.1, 0.15) is 5.75 Å². The lowest BCUT2D eigenvalue weighted by atomic mass is 10.0. The zero-order chi connectivity index (χ0) is 19.4. The van der Waals surface area contributed by atoms with Gasteiger partial charge >= 0.3 is 0 Å². The molecular formula is C20H32N6O. The Balaban J connectivity index is 1.70. The number of anilines is 1. The van der Waals surface area contributed by atoms with Gasteiger partial charge in [-0.1, -0.05) is 13.8 Å². The minimum absolute atomic E-state index is 0.0723. The van der Waals surface area contributed by atoms with E-state index in [1.165, 1.54) is 5.69 Å². The third kappa shape index (κ3) is 4.08. The van der Waals surface area contributed by atoms with E-state index in [0.717, 1.165) is 50.6 Å². The van der Waals surface area contributed by atoms with Gasteiger partial charge in [0.15, 0.2) is 5.82 Å². The van der Waals surface area contributed by atoms with Crippen LogP contribution >= 0.6 is 0 Å². The first-order valence-electron chi connectivity index (χ1n) is 9.92. The van der Waals surface area contributed by atoms with Gasteiger partial charge in [-0.15, -0.1) is 5.10 Å². The Bertz CT molecular complexity index is 718. The molecule has 1 fully saturated rings. The molecule has 1 aliphatic heterocycles. The minimum Gasteiger partial charge on any atom is -0.497 e. The van der Waals surface area contributed by atoms with E-state index >= 15 is 0 Å². The maximum Gasteiger partial charge on any atom is 0.168 e. The van der Waals surface area contributed by atoms with Gasteiger partial charge in [-0.05, 0) is 61.4 Å². The predicted molar refractivity (Wildman–Crippen MR) is 107 cm³/mol. The molecule has 0 unspecified atom stereocenters. The summed E-state index contributed by atoms with van der Waals surface area (Å²) in [5, 5.41) is 12.7. The van der Waals surface area contributed by atoms with Crippen LogP contribution in [0, 0.1) is 0 Å². The molecule has 1 atom stereocenters. The molecule has 0 bridgehead atoms. The third-order valence-corrected chi connectivity index (χ3v) is 5.81. The topological polar surface area (TPSA) is 59.3 Å². The summed E-state index contributed by atoms with van der Waals surface area (Å²) in [4.78, 5) is 4.95. The van der Waals surface area contributed by atoms with Gasteiger partial charge < -0.3 is 9.64 Å². The van der Waals surface area contributed by atoms with Crippen molar-refractivity contribution in [1.29, 1.82) is 0 Å². The lowest BCUT2D eigenvalue weighted by Crippen LogP contribution is -2.48. The van der Waals surface area contributed by atoms with E-state index in [2.05, 4.69) is 65.2 Å². The number of ether oxygens (including phenoxy) is 1. The number of benzene rings is 1. The van der Waals surface area contributed by atoms with Crippen LogP contribution in [0.2, 0.25) is 0 Å². The molecule has 1 saturated heterocycles. The lowest BCUT2D eigenvalue weighted by Gasteiger charge is -2.40. The number of piperazine rings is 1. The van der Waals surface area contributed by atoms with Crippen LogP contribution in [0.3, 0.4) is 0 Å². The Morgan fingerprint density at radius 3 is 2.30 bits per heavy atom. The van der Waals surface area contributed by atoms with E-state index in [1.807, 2.05) is 16.8 Å². The summed E-state index contributed by atoms with van der Waals surface area (Å²) in [5.74, 6) is 1.89. The summed E-state index contributed by atoms with van der Waals surface area (Å²) in [5.41, 5.74) is 1.18. The molecule has 1 aliphatic rings. The summed E-state index contributed by atoms with van der Waals surface area (Å²) in [6, 6.07) is 8.57. The molecule has 148 valence electrons. The van der Waals surface area contributed by atoms with E-state index in [-0.39, 0.29) is 11.6 Å². The number of methoxy groups -OCH3 is 1. The van der Waals surface area contributed by atoms with Crippen LogP contribution in [0.5, 0.6) is 5.75 Å². The Kier molecular flexibility index (Phi) is 5.99.